The van der Waals surface area contributed by atoms with E-state index in [9.17, 15) is 15.3 Å². The first-order valence-electron chi connectivity index (χ1n) is 6.83. The molecule has 0 radical (unpaired) electrons. The van der Waals surface area contributed by atoms with Crippen LogP contribution in [0.15, 0.2) is 35.2 Å². The molecule has 0 amide bonds. The van der Waals surface area contributed by atoms with Gasteiger partial charge in [0, 0.05) is 11.2 Å². The molecule has 1 heterocycles. The van der Waals surface area contributed by atoms with Crippen molar-refractivity contribution in [2.45, 2.75) is 34.7 Å². The van der Waals surface area contributed by atoms with E-state index in [1.54, 1.807) is 0 Å². The van der Waals surface area contributed by atoms with E-state index in [2.05, 4.69) is 9.24 Å². The monoisotopic (exact) mass is 319 g/mol. The lowest BCUT2D eigenvalue weighted by molar-refractivity contribution is -0.170. The largest absolute Gasteiger partial charge is 0.394 e. The quantitative estimate of drug-likeness (QED) is 0.573. The number of aliphatic hydroxyl groups excluding tert-OH is 3. The van der Waals surface area contributed by atoms with Crippen LogP contribution in [0, 0.1) is 0 Å². The minimum Gasteiger partial charge on any atom is -0.394 e. The first-order chi connectivity index (χ1) is 10.1. The molecule has 2 rings (SSSR count). The van der Waals surface area contributed by atoms with E-state index in [-0.39, 0.29) is 6.61 Å². The second-order valence-corrected chi connectivity index (χ2v) is 6.03. The fraction of sp³-hybridized carbons (Fsp3) is 0.538. The van der Waals surface area contributed by atoms with Gasteiger partial charge in [0.05, 0.1) is 12.6 Å². The minimum atomic E-state index is -1.21. The number of rotatable bonds is 5. The predicted octanol–water partition coefficient (Wildman–Crippen LogP) is 0.00850. The zero-order chi connectivity index (χ0) is 15.4. The summed E-state index contributed by atoms with van der Waals surface area (Å²) in [5, 5.41) is 30.7. The van der Waals surface area contributed by atoms with Crippen molar-refractivity contribution >= 4 is 21.0 Å². The molecule has 0 saturated carbocycles. The highest BCUT2D eigenvalue weighted by Crippen LogP contribution is 2.33. The predicted molar refractivity (Wildman–Crippen MR) is 81.6 cm³/mol. The Bertz CT molecular complexity index is 443. The SMILES string of the molecule is [3H]N(CP)C1[C@@H](O)[C@H](O)C(CO)O[C@H]1Sc1ccccc1. The van der Waals surface area contributed by atoms with Crippen molar-refractivity contribution < 1.29 is 21.5 Å². The van der Waals surface area contributed by atoms with E-state index < -0.39 is 29.8 Å². The van der Waals surface area contributed by atoms with Crippen molar-refractivity contribution in [2.75, 3.05) is 12.9 Å². The average molecular weight is 319 g/mol. The molecule has 0 spiro atoms. The van der Waals surface area contributed by atoms with Crippen LogP contribution in [0.5, 0.6) is 0 Å². The third kappa shape index (κ3) is 3.71. The van der Waals surface area contributed by atoms with E-state index in [1.807, 2.05) is 30.3 Å². The Morgan fingerprint density at radius 2 is 2.00 bits per heavy atom. The Hall–Kier alpha value is -0.200. The molecule has 5 nitrogen and oxygen atoms in total. The highest BCUT2D eigenvalue weighted by Gasteiger charge is 2.44. The van der Waals surface area contributed by atoms with E-state index >= 15 is 0 Å². The van der Waals surface area contributed by atoms with Gasteiger partial charge in [0.2, 0.25) is 0 Å². The number of nitrogens with one attached hydrogen (secondary N) is 1. The molecule has 1 aromatic rings. The van der Waals surface area contributed by atoms with Gasteiger partial charge in [-0.2, -0.15) is 0 Å². The van der Waals surface area contributed by atoms with Crippen molar-refractivity contribution in [1.29, 1.82) is 0 Å². The lowest BCUT2D eigenvalue weighted by Gasteiger charge is -2.42. The summed E-state index contributed by atoms with van der Waals surface area (Å²) >= 11 is 1.37. The number of ether oxygens (including phenoxy) is 1. The van der Waals surface area contributed by atoms with Crippen molar-refractivity contribution in [3.8, 4) is 0 Å². The maximum absolute atomic E-state index is 10.3. The second kappa shape index (κ2) is 7.71. The highest BCUT2D eigenvalue weighted by atomic mass is 32.2. The second-order valence-electron chi connectivity index (χ2n) is 4.49. The van der Waals surface area contributed by atoms with Crippen molar-refractivity contribution in [2.24, 2.45) is 0 Å². The Morgan fingerprint density at radius 1 is 1.30 bits per heavy atom. The normalized spacial score (nSPS) is 35.0. The van der Waals surface area contributed by atoms with Gasteiger partial charge >= 0.3 is 0 Å². The molecule has 1 aliphatic heterocycles. The van der Waals surface area contributed by atoms with Crippen molar-refractivity contribution in [3.63, 3.8) is 0 Å². The smallest absolute Gasteiger partial charge is 0.126 e. The molecule has 1 fully saturated rings. The van der Waals surface area contributed by atoms with E-state index in [0.29, 0.717) is 6.29 Å². The van der Waals surface area contributed by atoms with Crippen LogP contribution in [0.1, 0.15) is 0 Å². The van der Waals surface area contributed by atoms with Crippen LogP contribution in [-0.4, -0.2) is 58.0 Å². The Balaban J connectivity index is 2.20. The van der Waals surface area contributed by atoms with Gasteiger partial charge in [0.25, 0.3) is 0 Å². The van der Waals surface area contributed by atoms with Crippen molar-refractivity contribution in [3.05, 3.63) is 30.3 Å². The van der Waals surface area contributed by atoms with E-state index in [4.69, 9.17) is 6.15 Å². The van der Waals surface area contributed by atoms with Gasteiger partial charge in [0.15, 0.2) is 0 Å². The maximum atomic E-state index is 10.3. The summed E-state index contributed by atoms with van der Waals surface area (Å²) in [6.45, 7) is -0.379. The molecule has 20 heavy (non-hydrogen) atoms. The fourth-order valence-corrected chi connectivity index (χ4v) is 3.52. The van der Waals surface area contributed by atoms with Crippen LogP contribution in [0.25, 0.3) is 0 Å². The molecule has 0 aliphatic carbocycles. The standard InChI is InChI=1S/C13H20NO4PS/c15-6-9-11(16)12(17)10(14-7-19)13(18-9)20-8-4-2-1-3-5-8/h1-5,9-17H,6-7,19H2/t9?,10?,11-,12-,13+/m1/s1/i/hT. The topological polar surface area (TPSA) is 82.0 Å². The van der Waals surface area contributed by atoms with Crippen LogP contribution < -0.4 is 5.31 Å². The summed E-state index contributed by atoms with van der Waals surface area (Å²) in [5.74, 6) is 0. The van der Waals surface area contributed by atoms with Crippen LogP contribution >= 0.6 is 21.0 Å². The zero-order valence-electron chi connectivity index (χ0n) is 11.9. The summed E-state index contributed by atoms with van der Waals surface area (Å²) in [4.78, 5) is 0.935. The molecule has 0 bridgehead atoms. The molecule has 3 unspecified atom stereocenters. The maximum Gasteiger partial charge on any atom is 0.126 e. The van der Waals surface area contributed by atoms with Gasteiger partial charge in [-0.1, -0.05) is 30.0 Å². The highest BCUT2D eigenvalue weighted by molar-refractivity contribution is 7.99. The molecule has 0 aromatic heterocycles. The van der Waals surface area contributed by atoms with Gasteiger partial charge in [-0.15, -0.1) is 9.24 Å². The summed E-state index contributed by atoms with van der Waals surface area (Å²) in [7, 11) is 2.41. The van der Waals surface area contributed by atoms with Crippen molar-refractivity contribution in [1.82, 2.24) is 5.31 Å². The molecular weight excluding hydrogens is 297 g/mol. The summed E-state index contributed by atoms with van der Waals surface area (Å²) in [6.07, 6.45) is -2.91. The Morgan fingerprint density at radius 3 is 2.60 bits per heavy atom. The number of hydrogen-bond acceptors (Lipinski definition) is 6. The van der Waals surface area contributed by atoms with E-state index in [0.717, 1.165) is 4.90 Å². The van der Waals surface area contributed by atoms with Gasteiger partial charge in [-0.05, 0) is 12.1 Å². The molecule has 1 saturated heterocycles. The third-order valence-corrected chi connectivity index (χ3v) is 4.54. The molecule has 4 N–H and O–H groups in total. The molecule has 1 aromatic carbocycles. The summed E-state index contributed by atoms with van der Waals surface area (Å²) < 4.78 is 13.6. The molecule has 7 heteroatoms. The third-order valence-electron chi connectivity index (χ3n) is 3.16. The lowest BCUT2D eigenvalue weighted by Crippen LogP contribution is -2.62. The Labute approximate surface area is 126 Å². The summed E-state index contributed by atoms with van der Waals surface area (Å²) in [6, 6.07) is 8.81. The first-order valence-corrected chi connectivity index (χ1v) is 8.07. The van der Waals surface area contributed by atoms with Crippen LogP contribution in [0.2, 0.25) is 1.41 Å². The number of benzene rings is 1. The first kappa shape index (κ1) is 14.7. The fourth-order valence-electron chi connectivity index (χ4n) is 2.11. The lowest BCUT2D eigenvalue weighted by atomic mass is 9.98. The van der Waals surface area contributed by atoms with Gasteiger partial charge in [0.1, 0.15) is 25.2 Å². The van der Waals surface area contributed by atoms with E-state index in [1.165, 1.54) is 17.1 Å². The van der Waals surface area contributed by atoms with Crippen LogP contribution in [-0.2, 0) is 4.74 Å². The summed E-state index contributed by atoms with van der Waals surface area (Å²) in [5.41, 5.74) is -0.555. The zero-order valence-corrected chi connectivity index (χ0v) is 12.8. The van der Waals surface area contributed by atoms with Crippen LogP contribution in [0.4, 0.5) is 0 Å². The average Bonchev–Trinajstić information content (AvgIpc) is 2.51. The molecule has 112 valence electrons. The molecular formula is C13H20NO4PS. The van der Waals surface area contributed by atoms with Gasteiger partial charge < -0.3 is 25.4 Å². The molecule has 6 atom stereocenters. The van der Waals surface area contributed by atoms with Gasteiger partial charge in [-0.25, -0.2) is 0 Å². The number of aliphatic hydroxyl groups is 3. The Kier molecular flexibility index (Phi) is 5.67. The number of thioether (sulfide) groups is 1. The molecule has 1 aliphatic rings. The van der Waals surface area contributed by atoms with Gasteiger partial charge in [-0.3, -0.25) is 0 Å². The number of hydrogen-bond donors (Lipinski definition) is 4. The van der Waals surface area contributed by atoms with Crippen LogP contribution in [0.3, 0.4) is 0 Å². The minimum absolute atomic E-state index is 0.313.